The Labute approximate surface area is 93.0 Å². The molecule has 0 aromatic heterocycles. The van der Waals surface area contributed by atoms with Crippen molar-refractivity contribution in [2.24, 2.45) is 0 Å². The molecule has 1 aliphatic carbocycles. The third-order valence-electron chi connectivity index (χ3n) is 2.85. The Morgan fingerprint density at radius 2 is 2.38 bits per heavy atom. The lowest BCUT2D eigenvalue weighted by Crippen LogP contribution is -2.50. The van der Waals surface area contributed by atoms with Crippen LogP contribution in [0.3, 0.4) is 0 Å². The van der Waals surface area contributed by atoms with Gasteiger partial charge in [-0.2, -0.15) is 0 Å². The zero-order valence-electron chi connectivity index (χ0n) is 9.21. The molecule has 0 bridgehead atoms. The summed E-state index contributed by atoms with van der Waals surface area (Å²) in [5, 5.41) is 12.0. The van der Waals surface area contributed by atoms with Gasteiger partial charge in [0, 0.05) is 6.42 Å². The normalized spacial score (nSPS) is 29.9. The van der Waals surface area contributed by atoms with Crippen molar-refractivity contribution in [1.29, 1.82) is 0 Å². The molecule has 2 N–H and O–H groups in total. The summed E-state index contributed by atoms with van der Waals surface area (Å²) >= 11 is 0. The third-order valence-corrected chi connectivity index (χ3v) is 2.85. The van der Waals surface area contributed by atoms with E-state index in [0.29, 0.717) is 19.4 Å². The first-order valence-corrected chi connectivity index (χ1v) is 5.38. The topological polar surface area (TPSA) is 58.6 Å². The van der Waals surface area contributed by atoms with Gasteiger partial charge >= 0.3 is 5.97 Å². The number of hydrogen-bond donors (Lipinski definition) is 2. The SMILES string of the molecule is CCNC1(C(=O)O)CCC(OCC(F)F)C1. The van der Waals surface area contributed by atoms with Gasteiger partial charge in [-0.25, -0.2) is 8.78 Å². The molecule has 94 valence electrons. The first-order chi connectivity index (χ1) is 7.50. The second-order valence-electron chi connectivity index (χ2n) is 4.01. The van der Waals surface area contributed by atoms with Crippen molar-refractivity contribution in [3.05, 3.63) is 0 Å². The van der Waals surface area contributed by atoms with Gasteiger partial charge in [-0.05, 0) is 19.4 Å². The Kier molecular flexibility index (Phi) is 4.61. The highest BCUT2D eigenvalue weighted by molar-refractivity contribution is 5.79. The molecule has 4 nitrogen and oxygen atoms in total. The van der Waals surface area contributed by atoms with Crippen LogP contribution in [0.5, 0.6) is 0 Å². The van der Waals surface area contributed by atoms with Crippen LogP contribution in [0.2, 0.25) is 0 Å². The van der Waals surface area contributed by atoms with E-state index in [2.05, 4.69) is 5.32 Å². The molecule has 1 aliphatic rings. The van der Waals surface area contributed by atoms with E-state index < -0.39 is 24.5 Å². The zero-order valence-corrected chi connectivity index (χ0v) is 9.21. The molecule has 0 radical (unpaired) electrons. The van der Waals surface area contributed by atoms with Crippen LogP contribution < -0.4 is 5.32 Å². The number of carboxylic acid groups (broad SMARTS) is 1. The molecule has 0 aliphatic heterocycles. The molecule has 0 saturated heterocycles. The lowest BCUT2D eigenvalue weighted by molar-refractivity contribution is -0.145. The quantitative estimate of drug-likeness (QED) is 0.730. The second-order valence-corrected chi connectivity index (χ2v) is 4.01. The molecule has 1 saturated carbocycles. The Morgan fingerprint density at radius 1 is 1.69 bits per heavy atom. The van der Waals surface area contributed by atoms with Crippen molar-refractivity contribution in [2.75, 3.05) is 13.2 Å². The van der Waals surface area contributed by atoms with Crippen molar-refractivity contribution >= 4 is 5.97 Å². The first kappa shape index (κ1) is 13.3. The Hall–Kier alpha value is -0.750. The maximum absolute atomic E-state index is 11.9. The summed E-state index contributed by atoms with van der Waals surface area (Å²) in [7, 11) is 0. The number of likely N-dealkylation sites (N-methyl/N-ethyl adjacent to an activating group) is 1. The minimum atomic E-state index is -2.50. The number of halogens is 2. The number of rotatable bonds is 6. The average Bonchev–Trinajstić information content (AvgIpc) is 2.60. The molecule has 2 unspecified atom stereocenters. The fraction of sp³-hybridized carbons (Fsp3) is 0.900. The largest absolute Gasteiger partial charge is 0.480 e. The van der Waals surface area contributed by atoms with Gasteiger partial charge in [0.05, 0.1) is 6.10 Å². The van der Waals surface area contributed by atoms with Gasteiger partial charge in [-0.15, -0.1) is 0 Å². The van der Waals surface area contributed by atoms with Crippen LogP contribution in [0.25, 0.3) is 0 Å². The first-order valence-electron chi connectivity index (χ1n) is 5.38. The highest BCUT2D eigenvalue weighted by Gasteiger charge is 2.45. The lowest BCUT2D eigenvalue weighted by atomic mass is 9.98. The van der Waals surface area contributed by atoms with Gasteiger partial charge in [0.25, 0.3) is 6.43 Å². The van der Waals surface area contributed by atoms with Crippen molar-refractivity contribution < 1.29 is 23.4 Å². The number of carbonyl (C=O) groups is 1. The summed E-state index contributed by atoms with van der Waals surface area (Å²) in [6, 6.07) is 0. The molecule has 0 aromatic rings. The Balaban J connectivity index is 2.50. The van der Waals surface area contributed by atoms with Crippen LogP contribution in [0, 0.1) is 0 Å². The standard InChI is InChI=1S/C10H17F2NO3/c1-2-13-10(9(14)15)4-3-7(5-10)16-6-8(11)12/h7-8,13H,2-6H2,1H3,(H,14,15). The molecule has 0 heterocycles. The van der Waals surface area contributed by atoms with Gasteiger partial charge in [0.2, 0.25) is 0 Å². The minimum Gasteiger partial charge on any atom is -0.480 e. The summed E-state index contributed by atoms with van der Waals surface area (Å²) < 4.78 is 28.8. The third kappa shape index (κ3) is 3.12. The molecule has 2 atom stereocenters. The minimum absolute atomic E-state index is 0.253. The molecule has 1 fully saturated rings. The van der Waals surface area contributed by atoms with Crippen molar-refractivity contribution in [3.8, 4) is 0 Å². The smallest absolute Gasteiger partial charge is 0.323 e. The maximum Gasteiger partial charge on any atom is 0.323 e. The average molecular weight is 237 g/mol. The van der Waals surface area contributed by atoms with Gasteiger partial charge in [0.15, 0.2) is 0 Å². The summed E-state index contributed by atoms with van der Waals surface area (Å²) in [4.78, 5) is 11.1. The summed E-state index contributed by atoms with van der Waals surface area (Å²) in [6.45, 7) is 1.73. The molecule has 16 heavy (non-hydrogen) atoms. The summed E-state index contributed by atoms with van der Waals surface area (Å²) in [6.07, 6.45) is -1.71. The zero-order chi connectivity index (χ0) is 12.2. The van der Waals surface area contributed by atoms with E-state index in [1.165, 1.54) is 0 Å². The predicted octanol–water partition coefficient (Wildman–Crippen LogP) is 1.25. The van der Waals surface area contributed by atoms with E-state index in [1.807, 2.05) is 6.92 Å². The van der Waals surface area contributed by atoms with E-state index in [1.54, 1.807) is 0 Å². The van der Waals surface area contributed by atoms with Crippen molar-refractivity contribution in [1.82, 2.24) is 5.32 Å². The Bertz CT molecular complexity index is 250. The maximum atomic E-state index is 11.9. The van der Waals surface area contributed by atoms with E-state index in [9.17, 15) is 13.6 Å². The van der Waals surface area contributed by atoms with E-state index in [-0.39, 0.29) is 12.5 Å². The van der Waals surface area contributed by atoms with Crippen LogP contribution in [0.1, 0.15) is 26.2 Å². The highest BCUT2D eigenvalue weighted by Crippen LogP contribution is 2.32. The number of hydrogen-bond acceptors (Lipinski definition) is 3. The monoisotopic (exact) mass is 237 g/mol. The molecule has 0 spiro atoms. The summed E-state index contributed by atoms with van der Waals surface area (Å²) in [5.41, 5.74) is -0.998. The van der Waals surface area contributed by atoms with E-state index in [0.717, 1.165) is 0 Å². The fourth-order valence-electron chi connectivity index (χ4n) is 2.12. The van der Waals surface area contributed by atoms with E-state index in [4.69, 9.17) is 9.84 Å². The van der Waals surface area contributed by atoms with Gasteiger partial charge in [-0.3, -0.25) is 4.79 Å². The highest BCUT2D eigenvalue weighted by atomic mass is 19.3. The molecular formula is C10H17F2NO3. The molecule has 0 aromatic carbocycles. The lowest BCUT2D eigenvalue weighted by Gasteiger charge is -2.25. The molecule has 0 amide bonds. The van der Waals surface area contributed by atoms with Crippen LogP contribution in [0.15, 0.2) is 0 Å². The van der Waals surface area contributed by atoms with Gasteiger partial charge in [-0.1, -0.05) is 6.92 Å². The van der Waals surface area contributed by atoms with Crippen molar-refractivity contribution in [2.45, 2.75) is 44.3 Å². The molecular weight excluding hydrogens is 220 g/mol. The van der Waals surface area contributed by atoms with E-state index >= 15 is 0 Å². The number of aliphatic carboxylic acids is 1. The molecule has 6 heteroatoms. The van der Waals surface area contributed by atoms with Crippen LogP contribution in [-0.4, -0.2) is 42.3 Å². The van der Waals surface area contributed by atoms with Gasteiger partial charge < -0.3 is 15.2 Å². The van der Waals surface area contributed by atoms with Crippen LogP contribution in [0.4, 0.5) is 8.78 Å². The van der Waals surface area contributed by atoms with Crippen molar-refractivity contribution in [3.63, 3.8) is 0 Å². The number of ether oxygens (including phenoxy) is 1. The fourth-order valence-corrected chi connectivity index (χ4v) is 2.12. The second kappa shape index (κ2) is 5.54. The van der Waals surface area contributed by atoms with Crippen LogP contribution >= 0.6 is 0 Å². The van der Waals surface area contributed by atoms with Crippen LogP contribution in [-0.2, 0) is 9.53 Å². The number of nitrogens with one attached hydrogen (secondary N) is 1. The molecule has 1 rings (SSSR count). The number of carboxylic acids is 1. The Morgan fingerprint density at radius 3 is 2.88 bits per heavy atom. The van der Waals surface area contributed by atoms with Gasteiger partial charge in [0.1, 0.15) is 12.1 Å². The summed E-state index contributed by atoms with van der Waals surface area (Å²) in [5.74, 6) is -0.933. The predicted molar refractivity (Wildman–Crippen MR) is 53.6 cm³/mol. The number of alkyl halides is 2.